The van der Waals surface area contributed by atoms with Gasteiger partial charge in [-0.25, -0.2) is 5.43 Å². The number of likely N-dealkylation sites (tertiary alicyclic amines) is 1. The number of hydrogen-bond donors (Lipinski definition) is 3. The first-order chi connectivity index (χ1) is 13.2. The van der Waals surface area contributed by atoms with Crippen molar-refractivity contribution >= 4 is 16.8 Å². The van der Waals surface area contributed by atoms with Crippen LogP contribution in [0.4, 0.5) is 0 Å². The Morgan fingerprint density at radius 3 is 2.89 bits per heavy atom. The maximum Gasteiger partial charge on any atom is 0.242 e. The lowest BCUT2D eigenvalue weighted by Crippen LogP contribution is -2.42. The number of pyridine rings is 1. The maximum absolute atomic E-state index is 13.1. The summed E-state index contributed by atoms with van der Waals surface area (Å²) in [5.74, 6) is 0.371. The van der Waals surface area contributed by atoms with Crippen molar-refractivity contribution in [3.8, 4) is 0 Å². The number of nitrogens with zero attached hydrogens (tertiary/aromatic N) is 2. The third-order valence-corrected chi connectivity index (χ3v) is 6.00. The second-order valence-electron chi connectivity index (χ2n) is 7.50. The molecule has 4 unspecified atom stereocenters. The van der Waals surface area contributed by atoms with E-state index >= 15 is 0 Å². The molecule has 2 aliphatic rings. The van der Waals surface area contributed by atoms with Gasteiger partial charge in [0.25, 0.3) is 0 Å². The molecule has 6 heteroatoms. The third-order valence-electron chi connectivity index (χ3n) is 6.00. The number of aromatic amines is 1. The van der Waals surface area contributed by atoms with Gasteiger partial charge in [0.05, 0.1) is 6.04 Å². The number of carbonyl (C=O) groups is 1. The standard InChI is InChI=1S/C21H23N5O/c1-13-18-19(25-24-13)21(27)26(20(18)15-5-4-9-22-11-15)10-8-14-12-23-17-7-3-2-6-16(14)17/h2-7,9,11-13,18-20,23-25H,8,10H2,1H3. The Kier molecular flexibility index (Phi) is 3.95. The van der Waals surface area contributed by atoms with Crippen molar-refractivity contribution in [1.29, 1.82) is 0 Å². The predicted molar refractivity (Wildman–Crippen MR) is 104 cm³/mol. The molecule has 1 aromatic carbocycles. The minimum atomic E-state index is -0.173. The highest BCUT2D eigenvalue weighted by molar-refractivity contribution is 5.86. The summed E-state index contributed by atoms with van der Waals surface area (Å²) >= 11 is 0. The van der Waals surface area contributed by atoms with Crippen molar-refractivity contribution in [2.45, 2.75) is 31.5 Å². The molecule has 2 fully saturated rings. The number of hydrazine groups is 1. The Labute approximate surface area is 157 Å². The first kappa shape index (κ1) is 16.5. The zero-order valence-corrected chi connectivity index (χ0v) is 15.2. The fourth-order valence-corrected chi connectivity index (χ4v) is 4.69. The van der Waals surface area contributed by atoms with Crippen molar-refractivity contribution < 1.29 is 4.79 Å². The average molecular weight is 361 g/mol. The summed E-state index contributed by atoms with van der Waals surface area (Å²) in [6.07, 6.45) is 6.56. The topological polar surface area (TPSA) is 73.0 Å². The summed E-state index contributed by atoms with van der Waals surface area (Å²) in [6.45, 7) is 2.83. The number of H-pyrrole nitrogens is 1. The summed E-state index contributed by atoms with van der Waals surface area (Å²) in [4.78, 5) is 22.8. The lowest BCUT2D eigenvalue weighted by molar-refractivity contribution is -0.130. The van der Waals surface area contributed by atoms with Crippen LogP contribution in [0.25, 0.3) is 10.9 Å². The third kappa shape index (κ3) is 2.64. The molecule has 2 saturated heterocycles. The number of aromatic nitrogens is 2. The first-order valence-corrected chi connectivity index (χ1v) is 9.50. The van der Waals surface area contributed by atoms with Crippen LogP contribution in [0.3, 0.4) is 0 Å². The van der Waals surface area contributed by atoms with Crippen LogP contribution in [0.1, 0.15) is 24.1 Å². The molecule has 1 amide bonds. The summed E-state index contributed by atoms with van der Waals surface area (Å²) in [5.41, 5.74) is 9.94. The van der Waals surface area contributed by atoms with Gasteiger partial charge in [-0.3, -0.25) is 15.2 Å². The number of amides is 1. The van der Waals surface area contributed by atoms with Crippen molar-refractivity contribution in [2.75, 3.05) is 6.54 Å². The maximum atomic E-state index is 13.1. The van der Waals surface area contributed by atoms with Gasteiger partial charge in [0.2, 0.25) is 5.91 Å². The molecule has 4 heterocycles. The van der Waals surface area contributed by atoms with E-state index in [9.17, 15) is 4.79 Å². The molecule has 2 aliphatic heterocycles. The smallest absolute Gasteiger partial charge is 0.242 e. The van der Waals surface area contributed by atoms with Crippen LogP contribution < -0.4 is 10.9 Å². The van der Waals surface area contributed by atoms with Gasteiger partial charge in [0, 0.05) is 48.0 Å². The Balaban J connectivity index is 1.45. The Bertz CT molecular complexity index is 969. The fourth-order valence-electron chi connectivity index (χ4n) is 4.69. The van der Waals surface area contributed by atoms with E-state index in [0.29, 0.717) is 6.54 Å². The molecular formula is C21H23N5O. The molecule has 0 bridgehead atoms. The van der Waals surface area contributed by atoms with Crippen molar-refractivity contribution in [3.05, 3.63) is 66.1 Å². The van der Waals surface area contributed by atoms with E-state index in [4.69, 9.17) is 0 Å². The van der Waals surface area contributed by atoms with Gasteiger partial charge in [-0.1, -0.05) is 24.3 Å². The van der Waals surface area contributed by atoms with Gasteiger partial charge < -0.3 is 9.88 Å². The van der Waals surface area contributed by atoms with Gasteiger partial charge >= 0.3 is 0 Å². The molecule has 5 rings (SSSR count). The molecular weight excluding hydrogens is 338 g/mol. The number of benzene rings is 1. The summed E-state index contributed by atoms with van der Waals surface area (Å²) < 4.78 is 0. The first-order valence-electron chi connectivity index (χ1n) is 9.50. The lowest BCUT2D eigenvalue weighted by atomic mass is 9.88. The van der Waals surface area contributed by atoms with Crippen LogP contribution >= 0.6 is 0 Å². The predicted octanol–water partition coefficient (Wildman–Crippen LogP) is 2.17. The Morgan fingerprint density at radius 1 is 1.15 bits per heavy atom. The van der Waals surface area contributed by atoms with E-state index in [1.807, 2.05) is 23.2 Å². The van der Waals surface area contributed by atoms with Crippen LogP contribution in [0.15, 0.2) is 55.0 Å². The molecule has 3 N–H and O–H groups in total. The van der Waals surface area contributed by atoms with Gasteiger partial charge in [-0.2, -0.15) is 0 Å². The number of nitrogens with one attached hydrogen (secondary N) is 3. The number of rotatable bonds is 4. The fraction of sp³-hybridized carbons (Fsp3) is 0.333. The number of fused-ring (bicyclic) bond motifs is 2. The molecule has 0 spiro atoms. The molecule has 2 aromatic heterocycles. The number of carbonyl (C=O) groups excluding carboxylic acids is 1. The molecule has 0 radical (unpaired) electrons. The minimum absolute atomic E-state index is 0.0407. The van der Waals surface area contributed by atoms with E-state index < -0.39 is 0 Å². The summed E-state index contributed by atoms with van der Waals surface area (Å²) in [7, 11) is 0. The second-order valence-corrected chi connectivity index (χ2v) is 7.50. The monoisotopic (exact) mass is 361 g/mol. The molecule has 3 aromatic rings. The molecule has 4 atom stereocenters. The Hall–Kier alpha value is -2.70. The summed E-state index contributed by atoms with van der Waals surface area (Å²) in [5, 5.41) is 1.23. The van der Waals surface area contributed by atoms with E-state index in [1.165, 1.54) is 10.9 Å². The average Bonchev–Trinajstić information content (AvgIpc) is 3.36. The quantitative estimate of drug-likeness (QED) is 0.666. The van der Waals surface area contributed by atoms with Crippen LogP contribution in [-0.4, -0.2) is 39.4 Å². The minimum Gasteiger partial charge on any atom is -0.361 e. The molecule has 27 heavy (non-hydrogen) atoms. The van der Waals surface area contributed by atoms with Crippen molar-refractivity contribution in [2.24, 2.45) is 5.92 Å². The van der Waals surface area contributed by atoms with Crippen LogP contribution in [-0.2, 0) is 11.2 Å². The highest BCUT2D eigenvalue weighted by Crippen LogP contribution is 2.41. The molecule has 138 valence electrons. The number of hydrogen-bond acceptors (Lipinski definition) is 4. The van der Waals surface area contributed by atoms with E-state index in [0.717, 1.165) is 17.5 Å². The van der Waals surface area contributed by atoms with E-state index in [2.05, 4.69) is 58.2 Å². The zero-order chi connectivity index (χ0) is 18.4. The highest BCUT2D eigenvalue weighted by atomic mass is 16.2. The van der Waals surface area contributed by atoms with Crippen LogP contribution in [0, 0.1) is 5.92 Å². The second kappa shape index (κ2) is 6.48. The molecule has 6 nitrogen and oxygen atoms in total. The van der Waals surface area contributed by atoms with Gasteiger partial charge in [0.15, 0.2) is 0 Å². The molecule has 0 aliphatic carbocycles. The normalized spacial score (nSPS) is 27.4. The van der Waals surface area contributed by atoms with Crippen molar-refractivity contribution in [1.82, 2.24) is 25.7 Å². The van der Waals surface area contributed by atoms with Crippen LogP contribution in [0.2, 0.25) is 0 Å². The van der Waals surface area contributed by atoms with Crippen molar-refractivity contribution in [3.63, 3.8) is 0 Å². The SMILES string of the molecule is CC1NNC2C(=O)N(CCc3c[nH]c4ccccc34)C(c3cccnc3)C12. The highest BCUT2D eigenvalue weighted by Gasteiger charge is 2.53. The Morgan fingerprint density at radius 2 is 2.04 bits per heavy atom. The lowest BCUT2D eigenvalue weighted by Gasteiger charge is -2.29. The van der Waals surface area contributed by atoms with Crippen LogP contribution in [0.5, 0.6) is 0 Å². The van der Waals surface area contributed by atoms with Gasteiger partial charge in [-0.15, -0.1) is 0 Å². The summed E-state index contributed by atoms with van der Waals surface area (Å²) in [6, 6.07) is 12.4. The number of para-hydroxylation sites is 1. The largest absolute Gasteiger partial charge is 0.361 e. The van der Waals surface area contributed by atoms with E-state index in [1.54, 1.807) is 6.20 Å². The van der Waals surface area contributed by atoms with Gasteiger partial charge in [-0.05, 0) is 36.6 Å². The zero-order valence-electron chi connectivity index (χ0n) is 15.2. The van der Waals surface area contributed by atoms with Gasteiger partial charge in [0.1, 0.15) is 6.04 Å². The van der Waals surface area contributed by atoms with E-state index in [-0.39, 0.29) is 30.0 Å². The molecule has 0 saturated carbocycles.